The zero-order valence-corrected chi connectivity index (χ0v) is 15.5. The van der Waals surface area contributed by atoms with E-state index in [1.807, 2.05) is 19.9 Å². The Morgan fingerprint density at radius 1 is 1.15 bits per heavy atom. The van der Waals surface area contributed by atoms with E-state index in [0.717, 1.165) is 9.75 Å². The predicted octanol–water partition coefficient (Wildman–Crippen LogP) is 3.33. The van der Waals surface area contributed by atoms with Crippen molar-refractivity contribution in [1.29, 1.82) is 0 Å². The third-order valence-electron chi connectivity index (χ3n) is 3.70. The van der Waals surface area contributed by atoms with E-state index in [2.05, 4.69) is 5.32 Å². The van der Waals surface area contributed by atoms with Gasteiger partial charge in [0.1, 0.15) is 5.82 Å². The Morgan fingerprint density at radius 2 is 1.88 bits per heavy atom. The van der Waals surface area contributed by atoms with Crippen molar-refractivity contribution in [2.24, 2.45) is 0 Å². The number of nitrogens with one attached hydrogen (secondary N) is 1. The van der Waals surface area contributed by atoms with Gasteiger partial charge < -0.3 is 10.1 Å². The Balaban J connectivity index is 1.69. The number of Topliss-reactive ketones (excluding diaryl/α,β-unsaturated/α-hetero) is 1. The Kier molecular flexibility index (Phi) is 7.03. The third-order valence-corrected chi connectivity index (χ3v) is 4.66. The molecule has 0 spiro atoms. The summed E-state index contributed by atoms with van der Waals surface area (Å²) in [5, 5.41) is 2.47. The van der Waals surface area contributed by atoms with Crippen molar-refractivity contribution in [2.45, 2.75) is 33.2 Å². The standard InChI is InChI=1S/C19H20FNO4S/c1-12-9-15(13(2)26-12)17(22)7-8-19(24)25-11-18(23)21-10-14-5-3-4-6-16(14)20/h3-6,9H,7-8,10-11H2,1-2H3,(H,21,23). The number of ether oxygens (including phenoxy) is 1. The van der Waals surface area contributed by atoms with Gasteiger partial charge in [0.05, 0.1) is 6.42 Å². The van der Waals surface area contributed by atoms with Crippen LogP contribution in [0.4, 0.5) is 4.39 Å². The monoisotopic (exact) mass is 377 g/mol. The summed E-state index contributed by atoms with van der Waals surface area (Å²) in [6.07, 6.45) is -0.0551. The molecule has 2 rings (SSSR count). The van der Waals surface area contributed by atoms with Gasteiger partial charge >= 0.3 is 5.97 Å². The fourth-order valence-electron chi connectivity index (χ4n) is 2.36. The van der Waals surface area contributed by atoms with E-state index in [4.69, 9.17) is 4.74 Å². The molecule has 0 fully saturated rings. The van der Waals surface area contributed by atoms with Crippen LogP contribution >= 0.6 is 11.3 Å². The van der Waals surface area contributed by atoms with Gasteiger partial charge in [-0.05, 0) is 26.0 Å². The average Bonchev–Trinajstić information content (AvgIpc) is 2.95. The number of hydrogen-bond donors (Lipinski definition) is 1. The van der Waals surface area contributed by atoms with Gasteiger partial charge in [-0.25, -0.2) is 4.39 Å². The van der Waals surface area contributed by atoms with E-state index in [1.54, 1.807) is 18.2 Å². The maximum atomic E-state index is 13.4. The lowest BCUT2D eigenvalue weighted by molar-refractivity contribution is -0.148. The highest BCUT2D eigenvalue weighted by Gasteiger charge is 2.15. The molecule has 0 saturated carbocycles. The second kappa shape index (κ2) is 9.24. The van der Waals surface area contributed by atoms with Gasteiger partial charge in [0.2, 0.25) is 0 Å². The van der Waals surface area contributed by atoms with Gasteiger partial charge in [0.15, 0.2) is 12.4 Å². The first kappa shape index (κ1) is 19.8. The van der Waals surface area contributed by atoms with Gasteiger partial charge in [-0.2, -0.15) is 0 Å². The van der Waals surface area contributed by atoms with Gasteiger partial charge in [0, 0.05) is 33.8 Å². The molecule has 0 aliphatic rings. The molecule has 1 aromatic carbocycles. The summed E-state index contributed by atoms with van der Waals surface area (Å²) in [5.41, 5.74) is 0.974. The molecule has 7 heteroatoms. The van der Waals surface area contributed by atoms with Crippen LogP contribution in [0, 0.1) is 19.7 Å². The van der Waals surface area contributed by atoms with Crippen LogP contribution in [0.5, 0.6) is 0 Å². The number of halogens is 1. The van der Waals surface area contributed by atoms with Crippen LogP contribution in [0.1, 0.15) is 38.5 Å². The molecule has 0 unspecified atom stereocenters. The summed E-state index contributed by atoms with van der Waals surface area (Å²) in [5.74, 6) is -1.68. The smallest absolute Gasteiger partial charge is 0.306 e. The molecule has 138 valence electrons. The maximum absolute atomic E-state index is 13.4. The molecule has 1 aromatic heterocycles. The molecule has 2 aromatic rings. The molecule has 1 N–H and O–H groups in total. The molecular formula is C19H20FNO4S. The maximum Gasteiger partial charge on any atom is 0.306 e. The first-order chi connectivity index (χ1) is 12.4. The third kappa shape index (κ3) is 5.77. The molecule has 0 saturated heterocycles. The number of carbonyl (C=O) groups is 3. The summed E-state index contributed by atoms with van der Waals surface area (Å²) in [6, 6.07) is 7.89. The number of esters is 1. The van der Waals surface area contributed by atoms with Crippen LogP contribution in [-0.2, 0) is 20.9 Å². The molecule has 0 aliphatic heterocycles. The lowest BCUT2D eigenvalue weighted by atomic mass is 10.1. The summed E-state index contributed by atoms with van der Waals surface area (Å²) in [4.78, 5) is 37.4. The number of carbonyl (C=O) groups excluding carboxylic acids is 3. The molecule has 0 aliphatic carbocycles. The van der Waals surface area contributed by atoms with Crippen molar-refractivity contribution in [3.8, 4) is 0 Å². The van der Waals surface area contributed by atoms with Gasteiger partial charge in [-0.15, -0.1) is 11.3 Å². The topological polar surface area (TPSA) is 72.5 Å². The molecule has 1 heterocycles. The first-order valence-corrected chi connectivity index (χ1v) is 8.94. The van der Waals surface area contributed by atoms with E-state index < -0.39 is 24.3 Å². The Hall–Kier alpha value is -2.54. The fourth-order valence-corrected chi connectivity index (χ4v) is 3.31. The minimum absolute atomic E-state index is 0.0122. The number of rotatable bonds is 8. The molecule has 0 bridgehead atoms. The van der Waals surface area contributed by atoms with E-state index >= 15 is 0 Å². The SMILES string of the molecule is Cc1cc(C(=O)CCC(=O)OCC(=O)NCc2ccccc2F)c(C)s1. The van der Waals surface area contributed by atoms with Crippen molar-refractivity contribution in [3.63, 3.8) is 0 Å². The Morgan fingerprint density at radius 3 is 2.54 bits per heavy atom. The van der Waals surface area contributed by atoms with Crippen LogP contribution in [0.25, 0.3) is 0 Å². The predicted molar refractivity (Wildman–Crippen MR) is 96.6 cm³/mol. The number of ketones is 1. The number of hydrogen-bond acceptors (Lipinski definition) is 5. The zero-order chi connectivity index (χ0) is 19.1. The van der Waals surface area contributed by atoms with Crippen LogP contribution in [0.15, 0.2) is 30.3 Å². The first-order valence-electron chi connectivity index (χ1n) is 8.12. The highest BCUT2D eigenvalue weighted by atomic mass is 32.1. The number of aryl methyl sites for hydroxylation is 2. The van der Waals surface area contributed by atoms with Crippen molar-refractivity contribution in [2.75, 3.05) is 6.61 Å². The number of benzene rings is 1. The van der Waals surface area contributed by atoms with Gasteiger partial charge in [0.25, 0.3) is 5.91 Å². The van der Waals surface area contributed by atoms with Gasteiger partial charge in [-0.3, -0.25) is 14.4 Å². The van der Waals surface area contributed by atoms with E-state index in [9.17, 15) is 18.8 Å². The molecular weight excluding hydrogens is 357 g/mol. The number of thiophene rings is 1. The lowest BCUT2D eigenvalue weighted by Gasteiger charge is -2.07. The van der Waals surface area contributed by atoms with Crippen LogP contribution < -0.4 is 5.32 Å². The van der Waals surface area contributed by atoms with Crippen LogP contribution in [0.2, 0.25) is 0 Å². The quantitative estimate of drug-likeness (QED) is 0.566. The fraction of sp³-hybridized carbons (Fsp3) is 0.316. The zero-order valence-electron chi connectivity index (χ0n) is 14.6. The van der Waals surface area contributed by atoms with Crippen molar-refractivity contribution in [1.82, 2.24) is 5.32 Å². The van der Waals surface area contributed by atoms with Crippen molar-refractivity contribution >= 4 is 29.0 Å². The Bertz CT molecular complexity index is 816. The molecule has 26 heavy (non-hydrogen) atoms. The number of amides is 1. The molecule has 1 amide bonds. The van der Waals surface area contributed by atoms with E-state index in [-0.39, 0.29) is 25.2 Å². The average molecular weight is 377 g/mol. The van der Waals surface area contributed by atoms with Gasteiger partial charge in [-0.1, -0.05) is 18.2 Å². The van der Waals surface area contributed by atoms with E-state index in [0.29, 0.717) is 11.1 Å². The summed E-state index contributed by atoms with van der Waals surface area (Å²) in [6.45, 7) is 3.34. The lowest BCUT2D eigenvalue weighted by Crippen LogP contribution is -2.28. The minimum atomic E-state index is -0.621. The summed E-state index contributed by atoms with van der Waals surface area (Å²) >= 11 is 1.53. The normalized spacial score (nSPS) is 10.4. The molecule has 0 radical (unpaired) electrons. The van der Waals surface area contributed by atoms with Crippen molar-refractivity contribution < 1.29 is 23.5 Å². The largest absolute Gasteiger partial charge is 0.456 e. The van der Waals surface area contributed by atoms with Crippen molar-refractivity contribution in [3.05, 3.63) is 57.0 Å². The highest BCUT2D eigenvalue weighted by Crippen LogP contribution is 2.22. The second-order valence-electron chi connectivity index (χ2n) is 5.78. The highest BCUT2D eigenvalue weighted by molar-refractivity contribution is 7.12. The minimum Gasteiger partial charge on any atom is -0.456 e. The van der Waals surface area contributed by atoms with Crippen LogP contribution in [-0.4, -0.2) is 24.3 Å². The van der Waals surface area contributed by atoms with E-state index in [1.165, 1.54) is 17.4 Å². The summed E-state index contributed by atoms with van der Waals surface area (Å²) in [7, 11) is 0. The molecule has 0 atom stereocenters. The summed E-state index contributed by atoms with van der Waals surface area (Å²) < 4.78 is 18.3. The van der Waals surface area contributed by atoms with Crippen LogP contribution in [0.3, 0.4) is 0 Å². The second-order valence-corrected chi connectivity index (χ2v) is 7.24. The molecule has 5 nitrogen and oxygen atoms in total. The Labute approximate surface area is 155 Å².